The van der Waals surface area contributed by atoms with Crippen molar-refractivity contribution in [3.05, 3.63) is 35.4 Å². The minimum atomic E-state index is -0.783. The van der Waals surface area contributed by atoms with Crippen LogP contribution in [0, 0.1) is 0 Å². The van der Waals surface area contributed by atoms with Gasteiger partial charge < -0.3 is 10.2 Å². The third-order valence-electron chi connectivity index (χ3n) is 2.26. The number of hydrogen-bond donors (Lipinski definition) is 2. The number of aryl methyl sites for hydroxylation is 1. The van der Waals surface area contributed by atoms with Gasteiger partial charge in [-0.05, 0) is 37.8 Å². The monoisotopic (exact) mass is 194 g/mol. The number of rotatable bonds is 4. The van der Waals surface area contributed by atoms with Crippen LogP contribution in [0.3, 0.4) is 0 Å². The lowest BCUT2D eigenvalue weighted by atomic mass is 9.95. The number of aliphatic hydroxyl groups is 2. The molecular weight excluding hydrogens is 176 g/mol. The second kappa shape index (κ2) is 4.58. The fraction of sp³-hybridized carbons (Fsp3) is 0.500. The number of aliphatic hydroxyl groups excluding tert-OH is 1. The van der Waals surface area contributed by atoms with Crippen LogP contribution in [0.5, 0.6) is 0 Å². The third kappa shape index (κ3) is 3.13. The molecule has 0 aliphatic rings. The van der Waals surface area contributed by atoms with Crippen LogP contribution >= 0.6 is 0 Å². The van der Waals surface area contributed by atoms with Crippen LogP contribution in [-0.2, 0) is 12.0 Å². The van der Waals surface area contributed by atoms with E-state index in [4.69, 9.17) is 5.11 Å². The molecule has 2 N–H and O–H groups in total. The number of hydrogen-bond acceptors (Lipinski definition) is 2. The zero-order valence-electron chi connectivity index (χ0n) is 8.83. The Morgan fingerprint density at radius 3 is 2.57 bits per heavy atom. The normalized spacial score (nSPS) is 11.7. The molecule has 0 bridgehead atoms. The maximum Gasteiger partial charge on any atom is 0.0840 e. The average Bonchev–Trinajstić information content (AvgIpc) is 2.14. The van der Waals surface area contributed by atoms with Crippen molar-refractivity contribution in [1.82, 2.24) is 0 Å². The SMILES string of the molecule is CC(C)(O)c1cccc(CCCO)c1. The van der Waals surface area contributed by atoms with Crippen LogP contribution in [0.4, 0.5) is 0 Å². The molecule has 0 saturated heterocycles. The Balaban J connectivity index is 2.79. The van der Waals surface area contributed by atoms with E-state index in [1.54, 1.807) is 13.8 Å². The first-order chi connectivity index (χ1) is 6.54. The highest BCUT2D eigenvalue weighted by Crippen LogP contribution is 2.20. The minimum absolute atomic E-state index is 0.215. The Morgan fingerprint density at radius 2 is 2.00 bits per heavy atom. The molecule has 0 aliphatic heterocycles. The molecule has 0 unspecified atom stereocenters. The molecule has 0 saturated carbocycles. The van der Waals surface area contributed by atoms with Gasteiger partial charge >= 0.3 is 0 Å². The summed E-state index contributed by atoms with van der Waals surface area (Å²) in [4.78, 5) is 0. The molecule has 1 rings (SSSR count). The van der Waals surface area contributed by atoms with E-state index >= 15 is 0 Å². The summed E-state index contributed by atoms with van der Waals surface area (Å²) in [6, 6.07) is 7.88. The van der Waals surface area contributed by atoms with Crippen LogP contribution in [0.1, 0.15) is 31.4 Å². The zero-order valence-corrected chi connectivity index (χ0v) is 8.83. The second-order valence-electron chi connectivity index (χ2n) is 4.09. The Kier molecular flexibility index (Phi) is 3.67. The van der Waals surface area contributed by atoms with E-state index in [-0.39, 0.29) is 6.61 Å². The quantitative estimate of drug-likeness (QED) is 0.767. The minimum Gasteiger partial charge on any atom is -0.396 e. The first-order valence-corrected chi connectivity index (χ1v) is 4.96. The van der Waals surface area contributed by atoms with Crippen LogP contribution in [-0.4, -0.2) is 16.8 Å². The van der Waals surface area contributed by atoms with Crippen molar-refractivity contribution >= 4 is 0 Å². The summed E-state index contributed by atoms with van der Waals surface area (Å²) in [6.45, 7) is 3.77. The van der Waals surface area contributed by atoms with Gasteiger partial charge in [-0.15, -0.1) is 0 Å². The summed E-state index contributed by atoms with van der Waals surface area (Å²) in [5.41, 5.74) is 1.31. The molecule has 78 valence electrons. The van der Waals surface area contributed by atoms with Gasteiger partial charge in [0.25, 0.3) is 0 Å². The van der Waals surface area contributed by atoms with Gasteiger partial charge in [-0.2, -0.15) is 0 Å². The van der Waals surface area contributed by atoms with E-state index in [1.807, 2.05) is 24.3 Å². The van der Waals surface area contributed by atoms with Gasteiger partial charge in [0.05, 0.1) is 5.60 Å². The van der Waals surface area contributed by atoms with E-state index in [2.05, 4.69) is 0 Å². The molecule has 0 fully saturated rings. The van der Waals surface area contributed by atoms with Crippen LogP contribution < -0.4 is 0 Å². The highest BCUT2D eigenvalue weighted by molar-refractivity contribution is 5.27. The first-order valence-electron chi connectivity index (χ1n) is 4.96. The van der Waals surface area contributed by atoms with Gasteiger partial charge in [-0.1, -0.05) is 24.3 Å². The maximum atomic E-state index is 9.79. The maximum absolute atomic E-state index is 9.79. The summed E-state index contributed by atoms with van der Waals surface area (Å²) in [6.07, 6.45) is 1.63. The Morgan fingerprint density at radius 1 is 1.29 bits per heavy atom. The van der Waals surface area contributed by atoms with Crippen LogP contribution in [0.25, 0.3) is 0 Å². The molecule has 2 heteroatoms. The van der Waals surface area contributed by atoms with Crippen molar-refractivity contribution in [2.75, 3.05) is 6.61 Å². The third-order valence-corrected chi connectivity index (χ3v) is 2.26. The smallest absolute Gasteiger partial charge is 0.0840 e. The summed E-state index contributed by atoms with van der Waals surface area (Å²) in [5, 5.41) is 18.5. The molecular formula is C12H18O2. The average molecular weight is 194 g/mol. The van der Waals surface area contributed by atoms with Gasteiger partial charge in [0, 0.05) is 6.61 Å². The van der Waals surface area contributed by atoms with E-state index in [0.29, 0.717) is 0 Å². The Hall–Kier alpha value is -0.860. The predicted octanol–water partition coefficient (Wildman–Crippen LogP) is 1.84. The summed E-state index contributed by atoms with van der Waals surface area (Å²) in [7, 11) is 0. The lowest BCUT2D eigenvalue weighted by Crippen LogP contribution is -2.15. The highest BCUT2D eigenvalue weighted by atomic mass is 16.3. The lowest BCUT2D eigenvalue weighted by Gasteiger charge is -2.18. The zero-order chi connectivity index (χ0) is 10.6. The predicted molar refractivity (Wildman–Crippen MR) is 57.1 cm³/mol. The highest BCUT2D eigenvalue weighted by Gasteiger charge is 2.15. The molecule has 2 nitrogen and oxygen atoms in total. The molecule has 0 aliphatic carbocycles. The number of benzene rings is 1. The summed E-state index contributed by atoms with van der Waals surface area (Å²) >= 11 is 0. The topological polar surface area (TPSA) is 40.5 Å². The fourth-order valence-corrected chi connectivity index (χ4v) is 1.39. The molecule has 14 heavy (non-hydrogen) atoms. The lowest BCUT2D eigenvalue weighted by molar-refractivity contribution is 0.0785. The van der Waals surface area contributed by atoms with Gasteiger partial charge in [0.2, 0.25) is 0 Å². The molecule has 0 heterocycles. The van der Waals surface area contributed by atoms with Crippen molar-refractivity contribution in [3.63, 3.8) is 0 Å². The van der Waals surface area contributed by atoms with Gasteiger partial charge in [-0.25, -0.2) is 0 Å². The van der Waals surface area contributed by atoms with Gasteiger partial charge in [0.15, 0.2) is 0 Å². The Labute approximate surface area is 85.2 Å². The Bertz CT molecular complexity index is 287. The molecule has 0 radical (unpaired) electrons. The van der Waals surface area contributed by atoms with E-state index in [1.165, 1.54) is 5.56 Å². The van der Waals surface area contributed by atoms with E-state index in [9.17, 15) is 5.11 Å². The molecule has 1 aromatic rings. The van der Waals surface area contributed by atoms with E-state index < -0.39 is 5.60 Å². The molecule has 0 atom stereocenters. The van der Waals surface area contributed by atoms with E-state index in [0.717, 1.165) is 18.4 Å². The van der Waals surface area contributed by atoms with Gasteiger partial charge in [-0.3, -0.25) is 0 Å². The van der Waals surface area contributed by atoms with Crippen molar-refractivity contribution < 1.29 is 10.2 Å². The largest absolute Gasteiger partial charge is 0.396 e. The summed E-state index contributed by atoms with van der Waals surface area (Å²) in [5.74, 6) is 0. The second-order valence-corrected chi connectivity index (χ2v) is 4.09. The first kappa shape index (κ1) is 11.2. The fourth-order valence-electron chi connectivity index (χ4n) is 1.39. The van der Waals surface area contributed by atoms with Crippen molar-refractivity contribution in [3.8, 4) is 0 Å². The van der Waals surface area contributed by atoms with Gasteiger partial charge in [0.1, 0.15) is 0 Å². The van der Waals surface area contributed by atoms with Crippen LogP contribution in [0.2, 0.25) is 0 Å². The van der Waals surface area contributed by atoms with Crippen LogP contribution in [0.15, 0.2) is 24.3 Å². The molecule has 0 spiro atoms. The standard InChI is InChI=1S/C12H18O2/c1-12(2,14)11-7-3-5-10(9-11)6-4-8-13/h3,5,7,9,13-14H,4,6,8H2,1-2H3. The van der Waals surface area contributed by atoms with Crippen molar-refractivity contribution in [2.45, 2.75) is 32.3 Å². The van der Waals surface area contributed by atoms with Crippen molar-refractivity contribution in [2.24, 2.45) is 0 Å². The molecule has 0 aromatic heterocycles. The molecule has 0 amide bonds. The summed E-state index contributed by atoms with van der Waals surface area (Å²) < 4.78 is 0. The molecule has 1 aromatic carbocycles. The van der Waals surface area contributed by atoms with Crippen molar-refractivity contribution in [1.29, 1.82) is 0 Å².